The molecular weight excluding hydrogens is 248 g/mol. The predicted molar refractivity (Wildman–Crippen MR) is 80.8 cm³/mol. The summed E-state index contributed by atoms with van der Waals surface area (Å²) < 4.78 is 5.92. The summed E-state index contributed by atoms with van der Waals surface area (Å²) in [5, 5.41) is 8.88. The summed E-state index contributed by atoms with van der Waals surface area (Å²) >= 11 is 0. The van der Waals surface area contributed by atoms with E-state index in [1.54, 1.807) is 18.2 Å². The molecular formula is C17H18N2O. The van der Waals surface area contributed by atoms with Gasteiger partial charge in [0.25, 0.3) is 0 Å². The molecule has 0 aliphatic rings. The second-order valence-corrected chi connectivity index (χ2v) is 4.81. The number of para-hydroxylation sites is 1. The van der Waals surface area contributed by atoms with Gasteiger partial charge in [-0.1, -0.05) is 32.0 Å². The second kappa shape index (κ2) is 6.12. The number of ether oxygens (including phenoxy) is 1. The zero-order valence-corrected chi connectivity index (χ0v) is 11.8. The van der Waals surface area contributed by atoms with Crippen LogP contribution in [0, 0.1) is 11.3 Å². The van der Waals surface area contributed by atoms with Crippen LogP contribution in [0.15, 0.2) is 42.5 Å². The van der Waals surface area contributed by atoms with Crippen molar-refractivity contribution >= 4 is 5.69 Å². The fourth-order valence-electron chi connectivity index (χ4n) is 2.03. The Hall–Kier alpha value is -2.47. The molecule has 2 aromatic rings. The summed E-state index contributed by atoms with van der Waals surface area (Å²) in [6.07, 6.45) is 1.05. The molecule has 20 heavy (non-hydrogen) atoms. The summed E-state index contributed by atoms with van der Waals surface area (Å²) in [4.78, 5) is 0. The third-order valence-electron chi connectivity index (χ3n) is 3.43. The molecule has 0 amide bonds. The zero-order valence-electron chi connectivity index (χ0n) is 11.8. The average Bonchev–Trinajstić information content (AvgIpc) is 2.47. The first-order chi connectivity index (χ1) is 9.65. The van der Waals surface area contributed by atoms with Crippen LogP contribution in [0.5, 0.6) is 11.5 Å². The van der Waals surface area contributed by atoms with E-state index in [0.29, 0.717) is 22.9 Å². The van der Waals surface area contributed by atoms with E-state index in [-0.39, 0.29) is 0 Å². The molecule has 0 aromatic heterocycles. The van der Waals surface area contributed by atoms with E-state index in [2.05, 4.69) is 19.9 Å². The Morgan fingerprint density at radius 2 is 2.00 bits per heavy atom. The maximum Gasteiger partial charge on any atom is 0.130 e. The van der Waals surface area contributed by atoms with E-state index in [1.165, 1.54) is 5.56 Å². The number of nitriles is 1. The van der Waals surface area contributed by atoms with E-state index >= 15 is 0 Å². The van der Waals surface area contributed by atoms with Gasteiger partial charge in [0.05, 0.1) is 11.3 Å². The Bertz CT molecular complexity index is 644. The lowest BCUT2D eigenvalue weighted by Crippen LogP contribution is -1.97. The fraction of sp³-hybridized carbons (Fsp3) is 0.235. The molecule has 2 aromatic carbocycles. The summed E-state index contributed by atoms with van der Waals surface area (Å²) in [5.74, 6) is 1.92. The van der Waals surface area contributed by atoms with Gasteiger partial charge in [-0.05, 0) is 36.1 Å². The van der Waals surface area contributed by atoms with Crippen molar-refractivity contribution in [1.29, 1.82) is 5.26 Å². The lowest BCUT2D eigenvalue weighted by Gasteiger charge is -2.15. The Kier molecular flexibility index (Phi) is 4.27. The molecule has 0 bridgehead atoms. The van der Waals surface area contributed by atoms with Crippen molar-refractivity contribution in [1.82, 2.24) is 0 Å². The number of rotatable bonds is 4. The molecule has 0 aliphatic carbocycles. The van der Waals surface area contributed by atoms with Gasteiger partial charge >= 0.3 is 0 Å². The molecule has 3 heteroatoms. The van der Waals surface area contributed by atoms with E-state index in [4.69, 9.17) is 15.7 Å². The maximum atomic E-state index is 8.88. The highest BCUT2D eigenvalue weighted by Crippen LogP contribution is 2.32. The molecule has 2 rings (SSSR count). The highest BCUT2D eigenvalue weighted by atomic mass is 16.5. The number of hydrogen-bond donors (Lipinski definition) is 1. The number of benzene rings is 2. The average molecular weight is 266 g/mol. The van der Waals surface area contributed by atoms with Crippen LogP contribution >= 0.6 is 0 Å². The van der Waals surface area contributed by atoms with Crippen LogP contribution in [0.3, 0.4) is 0 Å². The van der Waals surface area contributed by atoms with Crippen molar-refractivity contribution in [2.45, 2.75) is 26.2 Å². The predicted octanol–water partition coefficient (Wildman–Crippen LogP) is 4.45. The smallest absolute Gasteiger partial charge is 0.130 e. The van der Waals surface area contributed by atoms with E-state index in [1.807, 2.05) is 24.3 Å². The molecule has 0 spiro atoms. The lowest BCUT2D eigenvalue weighted by molar-refractivity contribution is 0.470. The Morgan fingerprint density at radius 3 is 2.65 bits per heavy atom. The first kappa shape index (κ1) is 14.0. The van der Waals surface area contributed by atoms with Gasteiger partial charge in [0, 0.05) is 6.07 Å². The van der Waals surface area contributed by atoms with Crippen LogP contribution in [-0.4, -0.2) is 0 Å². The summed E-state index contributed by atoms with van der Waals surface area (Å²) in [6.45, 7) is 4.33. The monoisotopic (exact) mass is 266 g/mol. The first-order valence-electron chi connectivity index (χ1n) is 6.72. The van der Waals surface area contributed by atoms with Crippen LogP contribution in [0.4, 0.5) is 5.69 Å². The van der Waals surface area contributed by atoms with Crippen molar-refractivity contribution in [2.75, 3.05) is 5.73 Å². The van der Waals surface area contributed by atoms with Gasteiger partial charge in [-0.15, -0.1) is 0 Å². The molecule has 0 aliphatic heterocycles. The van der Waals surface area contributed by atoms with E-state index < -0.39 is 0 Å². The van der Waals surface area contributed by atoms with E-state index in [0.717, 1.165) is 12.2 Å². The third-order valence-corrected chi connectivity index (χ3v) is 3.43. The van der Waals surface area contributed by atoms with Crippen LogP contribution in [0.1, 0.15) is 37.3 Å². The van der Waals surface area contributed by atoms with Crippen molar-refractivity contribution in [3.63, 3.8) is 0 Å². The molecule has 0 fully saturated rings. The molecule has 0 radical (unpaired) electrons. The third kappa shape index (κ3) is 2.92. The normalized spacial score (nSPS) is 11.7. The van der Waals surface area contributed by atoms with Gasteiger partial charge < -0.3 is 10.5 Å². The van der Waals surface area contributed by atoms with Crippen LogP contribution in [-0.2, 0) is 0 Å². The molecule has 3 nitrogen and oxygen atoms in total. The number of hydrogen-bond acceptors (Lipinski definition) is 3. The van der Waals surface area contributed by atoms with Gasteiger partial charge in [-0.2, -0.15) is 5.26 Å². The Morgan fingerprint density at radius 1 is 1.25 bits per heavy atom. The minimum absolute atomic E-state index is 0.432. The second-order valence-electron chi connectivity index (χ2n) is 4.81. The molecule has 2 N–H and O–H groups in total. The maximum absolute atomic E-state index is 8.88. The van der Waals surface area contributed by atoms with Gasteiger partial charge in [0.2, 0.25) is 0 Å². The van der Waals surface area contributed by atoms with Crippen molar-refractivity contribution in [3.8, 4) is 17.6 Å². The van der Waals surface area contributed by atoms with E-state index in [9.17, 15) is 0 Å². The van der Waals surface area contributed by atoms with Crippen LogP contribution < -0.4 is 10.5 Å². The number of nitrogens with zero attached hydrogens (tertiary/aromatic N) is 1. The van der Waals surface area contributed by atoms with Crippen molar-refractivity contribution in [3.05, 3.63) is 53.6 Å². The minimum Gasteiger partial charge on any atom is -0.457 e. The number of anilines is 1. The number of nitrogen functional groups attached to an aromatic ring is 1. The Labute approximate surface area is 119 Å². The van der Waals surface area contributed by atoms with Crippen molar-refractivity contribution < 1.29 is 4.74 Å². The molecule has 1 unspecified atom stereocenters. The van der Waals surface area contributed by atoms with Gasteiger partial charge in [-0.25, -0.2) is 0 Å². The van der Waals surface area contributed by atoms with Gasteiger partial charge in [0.1, 0.15) is 17.6 Å². The molecule has 0 saturated carbocycles. The van der Waals surface area contributed by atoms with Crippen molar-refractivity contribution in [2.24, 2.45) is 0 Å². The molecule has 1 atom stereocenters. The largest absolute Gasteiger partial charge is 0.457 e. The van der Waals surface area contributed by atoms with Gasteiger partial charge in [0.15, 0.2) is 0 Å². The lowest BCUT2D eigenvalue weighted by atomic mass is 9.98. The SMILES string of the molecule is CCC(C)c1ccccc1Oc1ccc(C#N)c(N)c1. The topological polar surface area (TPSA) is 59.0 Å². The quantitative estimate of drug-likeness (QED) is 0.832. The van der Waals surface area contributed by atoms with Crippen LogP contribution in [0.2, 0.25) is 0 Å². The summed E-state index contributed by atoms with van der Waals surface area (Å²) in [7, 11) is 0. The molecule has 0 saturated heterocycles. The molecule has 102 valence electrons. The van der Waals surface area contributed by atoms with Gasteiger partial charge in [-0.3, -0.25) is 0 Å². The fourth-order valence-corrected chi connectivity index (χ4v) is 2.03. The Balaban J connectivity index is 2.31. The molecule has 0 heterocycles. The standard InChI is InChI=1S/C17H18N2O/c1-3-12(2)15-6-4-5-7-17(15)20-14-9-8-13(11-18)16(19)10-14/h4-10,12H,3,19H2,1-2H3. The minimum atomic E-state index is 0.432. The number of nitrogens with two attached hydrogens (primary N) is 1. The van der Waals surface area contributed by atoms with Crippen LogP contribution in [0.25, 0.3) is 0 Å². The highest BCUT2D eigenvalue weighted by Gasteiger charge is 2.10. The summed E-state index contributed by atoms with van der Waals surface area (Å²) in [5.41, 5.74) is 7.89. The highest BCUT2D eigenvalue weighted by molar-refractivity contribution is 5.57. The first-order valence-corrected chi connectivity index (χ1v) is 6.72. The zero-order chi connectivity index (χ0) is 14.5. The summed E-state index contributed by atoms with van der Waals surface area (Å²) in [6, 6.07) is 15.2.